The molecule has 0 atom stereocenters. The van der Waals surface area contributed by atoms with Crippen LogP contribution in [0.5, 0.6) is 5.75 Å². The Kier molecular flexibility index (Phi) is 4.54. The highest BCUT2D eigenvalue weighted by atomic mass is 32.2. The molecule has 0 radical (unpaired) electrons. The van der Waals surface area contributed by atoms with Gasteiger partial charge in [-0.05, 0) is 18.6 Å². The first-order valence-corrected chi connectivity index (χ1v) is 8.15. The van der Waals surface area contributed by atoms with E-state index in [4.69, 9.17) is 20.9 Å². The van der Waals surface area contributed by atoms with E-state index in [2.05, 4.69) is 0 Å². The van der Waals surface area contributed by atoms with E-state index in [-0.39, 0.29) is 29.5 Å². The molecule has 9 heteroatoms. The third-order valence-electron chi connectivity index (χ3n) is 3.34. The van der Waals surface area contributed by atoms with Gasteiger partial charge < -0.3 is 15.4 Å². The van der Waals surface area contributed by atoms with Gasteiger partial charge in [0.2, 0.25) is 15.9 Å². The molecule has 1 heterocycles. The smallest absolute Gasteiger partial charge is 0.241 e. The minimum atomic E-state index is -4.14. The van der Waals surface area contributed by atoms with Gasteiger partial charge in [-0.2, -0.15) is 5.26 Å². The normalized spacial score (nSPS) is 14.9. The van der Waals surface area contributed by atoms with Crippen molar-refractivity contribution in [3.05, 3.63) is 17.7 Å². The second-order valence-electron chi connectivity index (χ2n) is 4.85. The number of amides is 1. The summed E-state index contributed by atoms with van der Waals surface area (Å²) in [4.78, 5) is 12.7. The predicted molar refractivity (Wildman–Crippen MR) is 78.3 cm³/mol. The molecule has 1 aliphatic rings. The van der Waals surface area contributed by atoms with Crippen molar-refractivity contribution in [2.75, 3.05) is 25.4 Å². The number of likely N-dealkylation sites (tertiary alicyclic amines) is 1. The number of nitrogens with two attached hydrogens (primary N) is 2. The lowest BCUT2D eigenvalue weighted by Gasteiger charge is -2.17. The summed E-state index contributed by atoms with van der Waals surface area (Å²) in [5.41, 5.74) is 5.24. The van der Waals surface area contributed by atoms with Crippen molar-refractivity contribution in [1.82, 2.24) is 4.90 Å². The number of hydrogen-bond donors (Lipinski definition) is 2. The Bertz CT molecular complexity index is 739. The molecule has 0 saturated carbocycles. The van der Waals surface area contributed by atoms with Crippen LogP contribution in [0.3, 0.4) is 0 Å². The van der Waals surface area contributed by atoms with Crippen molar-refractivity contribution in [1.29, 1.82) is 5.26 Å². The minimum absolute atomic E-state index is 0.0617. The first-order valence-electron chi connectivity index (χ1n) is 6.60. The molecule has 118 valence electrons. The molecule has 1 fully saturated rings. The fourth-order valence-electron chi connectivity index (χ4n) is 2.32. The van der Waals surface area contributed by atoms with Gasteiger partial charge in [0.1, 0.15) is 28.9 Å². The van der Waals surface area contributed by atoms with Crippen molar-refractivity contribution in [2.45, 2.75) is 17.7 Å². The maximum Gasteiger partial charge on any atom is 0.241 e. The lowest BCUT2D eigenvalue weighted by Crippen LogP contribution is -2.29. The number of nitriles is 1. The minimum Gasteiger partial charge on any atom is -0.490 e. The van der Waals surface area contributed by atoms with Gasteiger partial charge >= 0.3 is 0 Å². The number of nitrogens with zero attached hydrogens (tertiary/aromatic N) is 2. The summed E-state index contributed by atoms with van der Waals surface area (Å²) in [5, 5.41) is 14.3. The second kappa shape index (κ2) is 6.21. The standard InChI is InChI=1S/C13H16N4O4S/c14-8-9-11(4-3-10(15)13(9)22(16,19)20)21-7-6-17-5-1-2-12(17)18/h3-4H,1-2,5-7,15H2,(H2,16,19,20). The molecular formula is C13H16N4O4S. The number of ether oxygens (including phenoxy) is 1. The maximum absolute atomic E-state index is 11.5. The summed E-state index contributed by atoms with van der Waals surface area (Å²) in [6, 6.07) is 4.48. The molecule has 1 aromatic carbocycles. The molecule has 0 bridgehead atoms. The highest BCUT2D eigenvalue weighted by Crippen LogP contribution is 2.29. The molecule has 1 aliphatic heterocycles. The predicted octanol–water partition coefficient (Wildman–Crippen LogP) is -0.211. The van der Waals surface area contributed by atoms with Crippen molar-refractivity contribution < 1.29 is 17.9 Å². The van der Waals surface area contributed by atoms with Crippen molar-refractivity contribution in [3.63, 3.8) is 0 Å². The van der Waals surface area contributed by atoms with Crippen LogP contribution < -0.4 is 15.6 Å². The van der Waals surface area contributed by atoms with Crippen LogP contribution in [0.25, 0.3) is 0 Å². The van der Waals surface area contributed by atoms with Crippen LogP contribution >= 0.6 is 0 Å². The van der Waals surface area contributed by atoms with Gasteiger partial charge in [-0.25, -0.2) is 13.6 Å². The Hall–Kier alpha value is -2.31. The third kappa shape index (κ3) is 3.29. The van der Waals surface area contributed by atoms with Gasteiger partial charge in [0.25, 0.3) is 0 Å². The van der Waals surface area contributed by atoms with Crippen LogP contribution in [0.15, 0.2) is 17.0 Å². The Morgan fingerprint density at radius 2 is 2.14 bits per heavy atom. The maximum atomic E-state index is 11.5. The number of sulfonamides is 1. The highest BCUT2D eigenvalue weighted by Gasteiger charge is 2.23. The monoisotopic (exact) mass is 324 g/mol. The summed E-state index contributed by atoms with van der Waals surface area (Å²) in [6.07, 6.45) is 1.35. The molecule has 0 spiro atoms. The number of carbonyl (C=O) groups is 1. The van der Waals surface area contributed by atoms with Gasteiger partial charge in [-0.15, -0.1) is 0 Å². The van der Waals surface area contributed by atoms with Crippen LogP contribution in [0.1, 0.15) is 18.4 Å². The molecule has 8 nitrogen and oxygen atoms in total. The largest absolute Gasteiger partial charge is 0.490 e. The topological polar surface area (TPSA) is 140 Å². The van der Waals surface area contributed by atoms with E-state index in [0.717, 1.165) is 6.42 Å². The molecule has 22 heavy (non-hydrogen) atoms. The Morgan fingerprint density at radius 3 is 2.68 bits per heavy atom. The number of carbonyl (C=O) groups excluding carboxylic acids is 1. The molecule has 0 aromatic heterocycles. The molecule has 1 saturated heterocycles. The summed E-state index contributed by atoms with van der Waals surface area (Å²) >= 11 is 0. The molecular weight excluding hydrogens is 308 g/mol. The average Bonchev–Trinajstić information content (AvgIpc) is 2.84. The first kappa shape index (κ1) is 16.1. The first-order chi connectivity index (χ1) is 10.3. The molecule has 4 N–H and O–H groups in total. The van der Waals surface area contributed by atoms with E-state index in [1.165, 1.54) is 12.1 Å². The van der Waals surface area contributed by atoms with E-state index in [0.29, 0.717) is 19.5 Å². The number of benzene rings is 1. The molecule has 1 aromatic rings. The van der Waals surface area contributed by atoms with E-state index in [1.54, 1.807) is 11.0 Å². The second-order valence-corrected chi connectivity index (χ2v) is 6.34. The van der Waals surface area contributed by atoms with E-state index in [9.17, 15) is 13.2 Å². The summed E-state index contributed by atoms with van der Waals surface area (Å²) < 4.78 is 28.5. The lowest BCUT2D eigenvalue weighted by molar-refractivity contribution is -0.128. The van der Waals surface area contributed by atoms with Gasteiger partial charge in [-0.1, -0.05) is 0 Å². The van der Waals surface area contributed by atoms with Crippen molar-refractivity contribution in [3.8, 4) is 11.8 Å². The molecule has 0 aliphatic carbocycles. The average molecular weight is 324 g/mol. The highest BCUT2D eigenvalue weighted by molar-refractivity contribution is 7.89. The summed E-state index contributed by atoms with van der Waals surface area (Å²) in [6.45, 7) is 1.20. The third-order valence-corrected chi connectivity index (χ3v) is 4.35. The zero-order valence-corrected chi connectivity index (χ0v) is 12.6. The van der Waals surface area contributed by atoms with Gasteiger partial charge in [0.05, 0.1) is 12.2 Å². The van der Waals surface area contributed by atoms with Crippen molar-refractivity contribution >= 4 is 21.6 Å². The van der Waals surface area contributed by atoms with Gasteiger partial charge in [-0.3, -0.25) is 4.79 Å². The number of anilines is 1. The molecule has 1 amide bonds. The quantitative estimate of drug-likeness (QED) is 0.718. The summed E-state index contributed by atoms with van der Waals surface area (Å²) in [7, 11) is -4.14. The van der Waals surface area contributed by atoms with E-state index < -0.39 is 14.9 Å². The number of rotatable bonds is 5. The number of nitrogen functional groups attached to an aromatic ring is 1. The number of primary sulfonamides is 1. The fraction of sp³-hybridized carbons (Fsp3) is 0.385. The van der Waals surface area contributed by atoms with Crippen LogP contribution in [0, 0.1) is 11.3 Å². The number of hydrogen-bond acceptors (Lipinski definition) is 6. The van der Waals surface area contributed by atoms with E-state index >= 15 is 0 Å². The van der Waals surface area contributed by atoms with Gasteiger partial charge in [0.15, 0.2) is 0 Å². The Balaban J connectivity index is 2.18. The van der Waals surface area contributed by atoms with Crippen LogP contribution in [0.2, 0.25) is 0 Å². The Labute approximate surface area is 128 Å². The Morgan fingerprint density at radius 1 is 1.41 bits per heavy atom. The van der Waals surface area contributed by atoms with Crippen LogP contribution in [-0.4, -0.2) is 38.9 Å². The zero-order chi connectivity index (χ0) is 16.3. The molecule has 0 unspecified atom stereocenters. The zero-order valence-electron chi connectivity index (χ0n) is 11.8. The van der Waals surface area contributed by atoms with Crippen LogP contribution in [0.4, 0.5) is 5.69 Å². The van der Waals surface area contributed by atoms with Crippen LogP contribution in [-0.2, 0) is 14.8 Å². The fourth-order valence-corrected chi connectivity index (χ4v) is 3.15. The lowest BCUT2D eigenvalue weighted by atomic mass is 10.2. The van der Waals surface area contributed by atoms with E-state index in [1.807, 2.05) is 0 Å². The molecule has 2 rings (SSSR count). The van der Waals surface area contributed by atoms with Gasteiger partial charge in [0, 0.05) is 13.0 Å². The SMILES string of the molecule is N#Cc1c(OCCN2CCCC2=O)ccc(N)c1S(N)(=O)=O. The summed E-state index contributed by atoms with van der Waals surface area (Å²) in [5.74, 6) is 0.138. The van der Waals surface area contributed by atoms with Crippen molar-refractivity contribution in [2.24, 2.45) is 5.14 Å².